The molecule has 0 unspecified atom stereocenters. The van der Waals surface area contributed by atoms with E-state index in [1.165, 1.54) is 49.8 Å². The third-order valence-electron chi connectivity index (χ3n) is 3.55. The minimum atomic E-state index is 1.06. The number of anilines is 1. The second kappa shape index (κ2) is 8.41. The number of hydrogen-bond acceptors (Lipinski definition) is 2. The quantitative estimate of drug-likeness (QED) is 0.640. The van der Waals surface area contributed by atoms with Crippen LogP contribution < -0.4 is 5.32 Å². The molecule has 0 spiro atoms. The number of hydrogen-bond donors (Lipinski definition) is 2. The van der Waals surface area contributed by atoms with Crippen LogP contribution in [0.1, 0.15) is 45.4 Å². The summed E-state index contributed by atoms with van der Waals surface area (Å²) < 4.78 is 0. The lowest BCUT2D eigenvalue weighted by Gasteiger charge is -2.07. The first-order valence-electron chi connectivity index (χ1n) is 7.73. The molecular weight excluding hydrogens is 246 g/mol. The van der Waals surface area contributed by atoms with E-state index in [9.17, 15) is 0 Å². The summed E-state index contributed by atoms with van der Waals surface area (Å²) in [7, 11) is 0. The van der Waals surface area contributed by atoms with E-state index in [0.717, 1.165) is 12.2 Å². The summed E-state index contributed by atoms with van der Waals surface area (Å²) >= 11 is 0. The van der Waals surface area contributed by atoms with Gasteiger partial charge in [0.15, 0.2) is 0 Å². The van der Waals surface area contributed by atoms with Crippen molar-refractivity contribution in [2.24, 2.45) is 0 Å². The minimum Gasteiger partial charge on any atom is -0.385 e. The van der Waals surface area contributed by atoms with Gasteiger partial charge in [-0.1, -0.05) is 51.2 Å². The summed E-state index contributed by atoms with van der Waals surface area (Å²) in [6.07, 6.45) is 11.6. The van der Waals surface area contributed by atoms with Crippen molar-refractivity contribution in [1.29, 1.82) is 0 Å². The van der Waals surface area contributed by atoms with Gasteiger partial charge >= 0.3 is 0 Å². The summed E-state index contributed by atoms with van der Waals surface area (Å²) in [6, 6.07) is 8.51. The molecule has 0 fully saturated rings. The van der Waals surface area contributed by atoms with Crippen molar-refractivity contribution >= 4 is 5.69 Å². The number of rotatable bonds is 9. The van der Waals surface area contributed by atoms with Gasteiger partial charge in [-0.15, -0.1) is 0 Å². The molecule has 20 heavy (non-hydrogen) atoms. The molecule has 108 valence electrons. The van der Waals surface area contributed by atoms with Crippen LogP contribution in [-0.2, 0) is 0 Å². The van der Waals surface area contributed by atoms with Crippen molar-refractivity contribution in [2.75, 3.05) is 11.9 Å². The van der Waals surface area contributed by atoms with E-state index in [2.05, 4.69) is 46.5 Å². The molecule has 0 radical (unpaired) electrons. The van der Waals surface area contributed by atoms with Crippen molar-refractivity contribution in [2.45, 2.75) is 45.4 Å². The third-order valence-corrected chi connectivity index (χ3v) is 3.55. The van der Waals surface area contributed by atoms with Crippen LogP contribution in [-0.4, -0.2) is 16.5 Å². The Hall–Kier alpha value is -1.77. The molecule has 1 aromatic carbocycles. The predicted molar refractivity (Wildman–Crippen MR) is 85.9 cm³/mol. The number of aromatic amines is 1. The number of nitrogens with zero attached hydrogens (tertiary/aromatic N) is 1. The fourth-order valence-electron chi connectivity index (χ4n) is 2.32. The van der Waals surface area contributed by atoms with Crippen LogP contribution in [0.2, 0.25) is 0 Å². The Morgan fingerprint density at radius 1 is 1.00 bits per heavy atom. The average Bonchev–Trinajstić information content (AvgIpc) is 3.01. The molecule has 0 aliphatic heterocycles. The molecule has 3 heteroatoms. The molecule has 1 heterocycles. The molecule has 0 aliphatic rings. The van der Waals surface area contributed by atoms with Gasteiger partial charge in [0, 0.05) is 12.2 Å². The lowest BCUT2D eigenvalue weighted by molar-refractivity contribution is 0.617. The monoisotopic (exact) mass is 271 g/mol. The first kappa shape index (κ1) is 14.6. The van der Waals surface area contributed by atoms with Crippen LogP contribution in [0.15, 0.2) is 36.8 Å². The van der Waals surface area contributed by atoms with Crippen LogP contribution >= 0.6 is 0 Å². The fourth-order valence-corrected chi connectivity index (χ4v) is 2.32. The fraction of sp³-hybridized carbons (Fsp3) is 0.471. The molecule has 2 aromatic rings. The van der Waals surface area contributed by atoms with E-state index in [-0.39, 0.29) is 0 Å². The minimum absolute atomic E-state index is 1.06. The molecule has 0 saturated carbocycles. The number of unbranched alkanes of at least 4 members (excludes halogenated alkanes) is 5. The highest BCUT2D eigenvalue weighted by Gasteiger charge is 1.98. The van der Waals surface area contributed by atoms with Gasteiger partial charge in [0.1, 0.15) is 0 Å². The number of nitrogens with one attached hydrogen (secondary N) is 2. The van der Waals surface area contributed by atoms with Crippen LogP contribution in [0.3, 0.4) is 0 Å². The molecule has 0 saturated heterocycles. The lowest BCUT2D eigenvalue weighted by atomic mass is 10.1. The van der Waals surface area contributed by atoms with Gasteiger partial charge in [0.05, 0.1) is 18.2 Å². The van der Waals surface area contributed by atoms with Gasteiger partial charge in [0.25, 0.3) is 0 Å². The Labute approximate surface area is 121 Å². The smallest absolute Gasteiger partial charge is 0.0924 e. The zero-order chi connectivity index (χ0) is 14.0. The Kier molecular flexibility index (Phi) is 6.15. The van der Waals surface area contributed by atoms with E-state index in [1.54, 1.807) is 6.33 Å². The third kappa shape index (κ3) is 4.72. The van der Waals surface area contributed by atoms with Gasteiger partial charge in [-0.2, -0.15) is 0 Å². The van der Waals surface area contributed by atoms with Gasteiger partial charge < -0.3 is 10.3 Å². The molecular formula is C17H25N3. The maximum atomic E-state index is 4.04. The zero-order valence-corrected chi connectivity index (χ0v) is 12.4. The normalized spacial score (nSPS) is 10.7. The highest BCUT2D eigenvalue weighted by Crippen LogP contribution is 2.18. The van der Waals surface area contributed by atoms with Crippen molar-refractivity contribution in [1.82, 2.24) is 9.97 Å². The topological polar surface area (TPSA) is 40.7 Å². The van der Waals surface area contributed by atoms with Crippen LogP contribution in [0.5, 0.6) is 0 Å². The van der Waals surface area contributed by atoms with Gasteiger partial charge in [-0.3, -0.25) is 0 Å². The van der Waals surface area contributed by atoms with Crippen molar-refractivity contribution in [3.63, 3.8) is 0 Å². The second-order valence-electron chi connectivity index (χ2n) is 5.24. The van der Waals surface area contributed by atoms with Crippen LogP contribution in [0.25, 0.3) is 11.3 Å². The van der Waals surface area contributed by atoms with Gasteiger partial charge in [-0.25, -0.2) is 4.98 Å². The summed E-state index contributed by atoms with van der Waals surface area (Å²) in [5.74, 6) is 0. The van der Waals surface area contributed by atoms with Gasteiger partial charge in [0.2, 0.25) is 0 Å². The molecule has 0 aliphatic carbocycles. The highest BCUT2D eigenvalue weighted by molar-refractivity contribution is 5.61. The standard InChI is InChI=1S/C17H25N3/c1-2-3-4-5-6-7-12-19-16-10-8-15(9-11-16)17-13-18-14-20-17/h8-11,13-14,19H,2-7,12H2,1H3,(H,18,20). The van der Waals surface area contributed by atoms with Gasteiger partial charge in [-0.05, 0) is 24.1 Å². The number of aromatic nitrogens is 2. The molecule has 1 aromatic heterocycles. The Balaban J connectivity index is 1.67. The van der Waals surface area contributed by atoms with Crippen molar-refractivity contribution in [3.8, 4) is 11.3 Å². The van der Waals surface area contributed by atoms with E-state index < -0.39 is 0 Å². The highest BCUT2D eigenvalue weighted by atomic mass is 14.9. The molecule has 2 N–H and O–H groups in total. The average molecular weight is 271 g/mol. The van der Waals surface area contributed by atoms with E-state index in [0.29, 0.717) is 0 Å². The van der Waals surface area contributed by atoms with Crippen LogP contribution in [0.4, 0.5) is 5.69 Å². The maximum absolute atomic E-state index is 4.04. The summed E-state index contributed by atoms with van der Waals surface area (Å²) in [4.78, 5) is 7.16. The van der Waals surface area contributed by atoms with Crippen molar-refractivity contribution < 1.29 is 0 Å². The van der Waals surface area contributed by atoms with E-state index in [1.807, 2.05) is 6.20 Å². The maximum Gasteiger partial charge on any atom is 0.0924 e. The number of benzene rings is 1. The molecule has 2 rings (SSSR count). The zero-order valence-electron chi connectivity index (χ0n) is 12.4. The number of imidazole rings is 1. The first-order valence-corrected chi connectivity index (χ1v) is 7.73. The van der Waals surface area contributed by atoms with Crippen molar-refractivity contribution in [3.05, 3.63) is 36.8 Å². The Morgan fingerprint density at radius 2 is 1.75 bits per heavy atom. The summed E-state index contributed by atoms with van der Waals surface area (Å²) in [6.45, 7) is 3.32. The Bertz CT molecular complexity index is 459. The molecule has 0 amide bonds. The molecule has 0 atom stereocenters. The lowest BCUT2D eigenvalue weighted by Crippen LogP contribution is -2.01. The summed E-state index contributed by atoms with van der Waals surface area (Å²) in [5.41, 5.74) is 3.43. The SMILES string of the molecule is CCCCCCCCNc1ccc(-c2cnc[nH]2)cc1. The van der Waals surface area contributed by atoms with E-state index >= 15 is 0 Å². The molecule has 3 nitrogen and oxygen atoms in total. The molecule has 0 bridgehead atoms. The number of H-pyrrole nitrogens is 1. The largest absolute Gasteiger partial charge is 0.385 e. The first-order chi connectivity index (χ1) is 9.90. The summed E-state index contributed by atoms with van der Waals surface area (Å²) in [5, 5.41) is 3.48. The second-order valence-corrected chi connectivity index (χ2v) is 5.24. The van der Waals surface area contributed by atoms with E-state index in [4.69, 9.17) is 0 Å². The van der Waals surface area contributed by atoms with Crippen LogP contribution in [0, 0.1) is 0 Å². The Morgan fingerprint density at radius 3 is 2.45 bits per heavy atom. The predicted octanol–water partition coefficient (Wildman–Crippen LogP) is 4.85.